The minimum Gasteiger partial charge on any atom is -0.444 e. The molecule has 1 unspecified atom stereocenters. The number of benzene rings is 1. The van der Waals surface area contributed by atoms with Crippen LogP contribution in [0.2, 0.25) is 0 Å². The van der Waals surface area contributed by atoms with Gasteiger partial charge in [-0.25, -0.2) is 22.3 Å². The van der Waals surface area contributed by atoms with Crippen molar-refractivity contribution in [3.05, 3.63) is 74.9 Å². The van der Waals surface area contributed by atoms with E-state index in [4.69, 9.17) is 4.74 Å². The van der Waals surface area contributed by atoms with E-state index in [1.165, 1.54) is 28.8 Å². The number of nitrogens with one attached hydrogen (secondary N) is 2. The number of alkyl carbamates (subject to hydrolysis) is 1. The molecular weight excluding hydrogens is 557 g/mol. The van der Waals surface area contributed by atoms with Crippen molar-refractivity contribution in [2.24, 2.45) is 5.92 Å². The molecule has 220 valence electrons. The number of nitrogens with zero attached hydrogens (tertiary/aromatic N) is 3. The van der Waals surface area contributed by atoms with E-state index < -0.39 is 54.6 Å². The van der Waals surface area contributed by atoms with Gasteiger partial charge in [-0.2, -0.15) is 0 Å². The van der Waals surface area contributed by atoms with Gasteiger partial charge in [-0.15, -0.1) is 0 Å². The Kier molecular flexibility index (Phi) is 8.73. The van der Waals surface area contributed by atoms with Gasteiger partial charge in [0.15, 0.2) is 4.90 Å². The zero-order valence-electron chi connectivity index (χ0n) is 22.9. The molecule has 4 rings (SSSR count). The number of ether oxygens (including phenoxy) is 1. The fourth-order valence-corrected chi connectivity index (χ4v) is 6.52. The maximum absolute atomic E-state index is 14.1. The van der Waals surface area contributed by atoms with E-state index >= 15 is 0 Å². The van der Waals surface area contributed by atoms with Crippen molar-refractivity contribution in [1.82, 2.24) is 19.6 Å². The van der Waals surface area contributed by atoms with Gasteiger partial charge in [0.05, 0.1) is 22.2 Å². The zero-order chi connectivity index (χ0) is 29.9. The van der Waals surface area contributed by atoms with Crippen molar-refractivity contribution in [2.45, 2.75) is 75.6 Å². The summed E-state index contributed by atoms with van der Waals surface area (Å²) in [5.74, 6) is -0.976. The lowest BCUT2D eigenvalue weighted by molar-refractivity contribution is -0.387. The van der Waals surface area contributed by atoms with Gasteiger partial charge < -0.3 is 14.6 Å². The van der Waals surface area contributed by atoms with E-state index in [0.717, 1.165) is 24.4 Å². The zero-order valence-corrected chi connectivity index (χ0v) is 23.7. The summed E-state index contributed by atoms with van der Waals surface area (Å²) in [6.45, 7) is 5.10. The van der Waals surface area contributed by atoms with Crippen LogP contribution in [0.3, 0.4) is 0 Å². The highest BCUT2D eigenvalue weighted by Gasteiger charge is 2.35. The number of sulfonamides is 1. The van der Waals surface area contributed by atoms with E-state index in [1.807, 2.05) is 0 Å². The first-order valence-electron chi connectivity index (χ1n) is 13.1. The molecule has 2 aromatic heterocycles. The van der Waals surface area contributed by atoms with Crippen LogP contribution >= 0.6 is 0 Å². The van der Waals surface area contributed by atoms with Crippen LogP contribution in [0.15, 0.2) is 58.4 Å². The van der Waals surface area contributed by atoms with Crippen molar-refractivity contribution >= 4 is 32.8 Å². The van der Waals surface area contributed by atoms with Gasteiger partial charge in [0.25, 0.3) is 11.2 Å². The Morgan fingerprint density at radius 3 is 2.54 bits per heavy atom. The number of amides is 1. The van der Waals surface area contributed by atoms with E-state index in [-0.39, 0.29) is 24.0 Å². The molecule has 1 aliphatic rings. The van der Waals surface area contributed by atoms with Crippen molar-refractivity contribution in [2.75, 3.05) is 0 Å². The van der Waals surface area contributed by atoms with Gasteiger partial charge >= 0.3 is 6.09 Å². The molecule has 41 heavy (non-hydrogen) atoms. The molecule has 2 heterocycles. The summed E-state index contributed by atoms with van der Waals surface area (Å²) in [7, 11) is -4.42. The summed E-state index contributed by atoms with van der Waals surface area (Å²) in [4.78, 5) is 39.5. The fourth-order valence-electron chi connectivity index (χ4n) is 5.05. The van der Waals surface area contributed by atoms with Gasteiger partial charge in [-0.05, 0) is 64.5 Å². The normalized spacial score (nSPS) is 18.5. The molecule has 1 aromatic carbocycles. The predicted octanol–water partition coefficient (Wildman–Crippen LogP) is 3.87. The molecule has 1 aliphatic carbocycles. The Balaban J connectivity index is 1.64. The predicted molar refractivity (Wildman–Crippen MR) is 148 cm³/mol. The van der Waals surface area contributed by atoms with Gasteiger partial charge in [-0.3, -0.25) is 19.9 Å². The third-order valence-corrected chi connectivity index (χ3v) is 8.44. The number of para-hydroxylation sites is 1. The summed E-state index contributed by atoms with van der Waals surface area (Å²) >= 11 is 0. The summed E-state index contributed by atoms with van der Waals surface area (Å²) in [5, 5.41) is 14.4. The molecule has 0 bridgehead atoms. The number of nitro benzene ring substituents is 1. The molecule has 1 amide bonds. The van der Waals surface area contributed by atoms with E-state index in [1.54, 1.807) is 20.8 Å². The first-order chi connectivity index (χ1) is 19.2. The third kappa shape index (κ3) is 7.44. The van der Waals surface area contributed by atoms with Crippen LogP contribution in [-0.2, 0) is 21.3 Å². The van der Waals surface area contributed by atoms with E-state index in [2.05, 4.69) is 15.0 Å². The van der Waals surface area contributed by atoms with Gasteiger partial charge in [0.1, 0.15) is 11.4 Å². The average Bonchev–Trinajstić information content (AvgIpc) is 2.89. The maximum atomic E-state index is 14.1. The number of halogens is 1. The standard InChI is InChI=1S/C27H32FN5O7S/c1-27(2,3)40-26(35)30-19-10-8-17(9-11-19)21(31-41(38,39)24-7-5-4-6-22(24)33(36)37)16-32-23-14-18(28)15-29-20(23)12-13-25(32)34/h4-7,12-15,17,19,21,31H,8-11,16H2,1-3H3,(H,30,35). The van der Waals surface area contributed by atoms with Crippen LogP contribution in [0.4, 0.5) is 14.9 Å². The molecule has 2 N–H and O–H groups in total. The average molecular weight is 590 g/mol. The highest BCUT2D eigenvalue weighted by atomic mass is 32.2. The Morgan fingerprint density at radius 1 is 1.20 bits per heavy atom. The Morgan fingerprint density at radius 2 is 1.88 bits per heavy atom. The van der Waals surface area contributed by atoms with Crippen LogP contribution in [0.25, 0.3) is 11.0 Å². The van der Waals surface area contributed by atoms with E-state index in [9.17, 15) is 32.5 Å². The molecule has 0 radical (unpaired) electrons. The largest absolute Gasteiger partial charge is 0.444 e. The number of rotatable bonds is 8. The quantitative estimate of drug-likeness (QED) is 0.295. The lowest BCUT2D eigenvalue weighted by Gasteiger charge is -2.35. The Labute approximate surface area is 236 Å². The molecular formula is C27H32FN5O7S. The SMILES string of the molecule is CC(C)(C)OC(=O)NC1CCC(C(Cn2c(=O)ccc3ncc(F)cc32)NS(=O)(=O)c2ccccc2[N+](=O)[O-])CC1. The van der Waals surface area contributed by atoms with Crippen molar-refractivity contribution < 1.29 is 27.3 Å². The monoisotopic (exact) mass is 589 g/mol. The second-order valence-electron chi connectivity index (χ2n) is 11.1. The number of hydrogen-bond donors (Lipinski definition) is 2. The number of hydrogen-bond acceptors (Lipinski definition) is 8. The van der Waals surface area contributed by atoms with Crippen molar-refractivity contribution in [3.63, 3.8) is 0 Å². The van der Waals surface area contributed by atoms with Gasteiger partial charge in [0.2, 0.25) is 10.0 Å². The third-order valence-electron chi connectivity index (χ3n) is 6.90. The molecule has 3 aromatic rings. The molecule has 1 atom stereocenters. The minimum atomic E-state index is -4.42. The smallest absolute Gasteiger partial charge is 0.407 e. The topological polar surface area (TPSA) is 163 Å². The lowest BCUT2D eigenvalue weighted by atomic mass is 9.81. The highest BCUT2D eigenvalue weighted by Crippen LogP contribution is 2.31. The summed E-state index contributed by atoms with van der Waals surface area (Å²) in [6.07, 6.45) is 2.42. The van der Waals surface area contributed by atoms with Crippen molar-refractivity contribution in [3.8, 4) is 0 Å². The molecule has 0 spiro atoms. The molecule has 1 fully saturated rings. The van der Waals surface area contributed by atoms with Crippen LogP contribution in [0, 0.1) is 21.8 Å². The maximum Gasteiger partial charge on any atom is 0.407 e. The fraction of sp³-hybridized carbons (Fsp3) is 0.444. The highest BCUT2D eigenvalue weighted by molar-refractivity contribution is 7.89. The number of pyridine rings is 2. The first kappa shape index (κ1) is 30.1. The van der Waals surface area contributed by atoms with Crippen LogP contribution in [0.5, 0.6) is 0 Å². The Bertz CT molecular complexity index is 1610. The lowest BCUT2D eigenvalue weighted by Crippen LogP contribution is -2.48. The number of aromatic nitrogens is 2. The second kappa shape index (κ2) is 11.9. The second-order valence-corrected chi connectivity index (χ2v) is 12.7. The van der Waals surface area contributed by atoms with Crippen molar-refractivity contribution in [1.29, 1.82) is 0 Å². The number of carbonyl (C=O) groups excluding carboxylic acids is 1. The molecule has 12 nitrogen and oxygen atoms in total. The molecule has 14 heteroatoms. The molecule has 0 aliphatic heterocycles. The van der Waals surface area contributed by atoms with Crippen LogP contribution in [-0.4, -0.2) is 46.7 Å². The molecule has 0 saturated heterocycles. The number of carbonyl (C=O) groups is 1. The van der Waals surface area contributed by atoms with Crippen LogP contribution in [0.1, 0.15) is 46.5 Å². The van der Waals surface area contributed by atoms with Gasteiger partial charge in [0, 0.05) is 36.8 Å². The molecule has 1 saturated carbocycles. The number of fused-ring (bicyclic) bond motifs is 1. The summed E-state index contributed by atoms with van der Waals surface area (Å²) in [5.41, 5.74) is -1.20. The summed E-state index contributed by atoms with van der Waals surface area (Å²) < 4.78 is 50.3. The van der Waals surface area contributed by atoms with E-state index in [0.29, 0.717) is 31.2 Å². The Hall–Kier alpha value is -3.91. The first-order valence-corrected chi connectivity index (χ1v) is 14.6. The number of nitro groups is 1. The van der Waals surface area contributed by atoms with Crippen LogP contribution < -0.4 is 15.6 Å². The minimum absolute atomic E-state index is 0.171. The summed E-state index contributed by atoms with van der Waals surface area (Å²) in [6, 6.07) is 7.76. The van der Waals surface area contributed by atoms with Gasteiger partial charge in [-0.1, -0.05) is 12.1 Å².